The predicted octanol–water partition coefficient (Wildman–Crippen LogP) is -0.460. The van der Waals surface area contributed by atoms with Crippen molar-refractivity contribution >= 4 is 55.9 Å². The molecule has 13 nitrogen and oxygen atoms in total. The number of carbonyl (C=O) groups is 1. The van der Waals surface area contributed by atoms with Gasteiger partial charge < -0.3 is 32.0 Å². The maximum absolute atomic E-state index is 12.1. The molecule has 4 rings (SSSR count). The van der Waals surface area contributed by atoms with E-state index in [1.165, 1.54) is 13.0 Å². The van der Waals surface area contributed by atoms with E-state index in [2.05, 4.69) is 20.5 Å². The summed E-state index contributed by atoms with van der Waals surface area (Å²) in [6.07, 6.45) is 0. The standard InChI is InChI=1S/C28H27N7O6S.2Na/c1-13-8-16(4-6-20(13)32-34-22-12-24(42(39,40)41)19(30)11-18(22)29)17-5-7-21(14(2)9-17)33-35-23-10-15(3)27(36)25(26(23)31)28(37)38;;/h4-12,36H,29-31H2,1-3H3,(H,37,38)(H,39,40,41);;/q;2*+1/p-2. The Labute approximate surface area is 297 Å². The van der Waals surface area contributed by atoms with Crippen molar-refractivity contribution in [2.24, 2.45) is 20.5 Å². The fraction of sp³-hybridized carbons (Fsp3) is 0.107. The second-order valence-electron chi connectivity index (χ2n) is 9.44. The third kappa shape index (κ3) is 8.02. The number of aromatic carboxylic acids is 1. The summed E-state index contributed by atoms with van der Waals surface area (Å²) in [6.45, 7) is 5.13. The van der Waals surface area contributed by atoms with E-state index in [4.69, 9.17) is 17.2 Å². The van der Waals surface area contributed by atoms with Gasteiger partial charge in [0, 0.05) is 0 Å². The van der Waals surface area contributed by atoms with Gasteiger partial charge in [-0.15, -0.1) is 10.2 Å². The van der Waals surface area contributed by atoms with Crippen molar-refractivity contribution in [2.45, 2.75) is 25.7 Å². The van der Waals surface area contributed by atoms with Crippen LogP contribution in [0.15, 0.2) is 79.9 Å². The number of aryl methyl sites for hydroxylation is 3. The largest absolute Gasteiger partial charge is 1.00 e. The van der Waals surface area contributed by atoms with Gasteiger partial charge in [-0.1, -0.05) is 23.4 Å². The van der Waals surface area contributed by atoms with Gasteiger partial charge in [0.1, 0.15) is 21.5 Å². The predicted molar refractivity (Wildman–Crippen MR) is 155 cm³/mol. The molecule has 0 atom stereocenters. The van der Waals surface area contributed by atoms with Crippen LogP contribution in [0.4, 0.5) is 39.8 Å². The summed E-state index contributed by atoms with van der Waals surface area (Å²) >= 11 is 0. The average molecular weight is 634 g/mol. The molecule has 216 valence electrons. The molecule has 4 aromatic carbocycles. The summed E-state index contributed by atoms with van der Waals surface area (Å²) in [5, 5.41) is 37.9. The van der Waals surface area contributed by atoms with E-state index >= 15 is 0 Å². The number of anilines is 3. The number of nitrogens with two attached hydrogens (primary N) is 3. The Kier molecular flexibility index (Phi) is 12.2. The number of benzene rings is 4. The van der Waals surface area contributed by atoms with Gasteiger partial charge in [0.2, 0.25) is 0 Å². The molecular weight excluding hydrogens is 608 g/mol. The number of nitrogen functional groups attached to an aromatic ring is 3. The van der Waals surface area contributed by atoms with Crippen LogP contribution in [0.2, 0.25) is 0 Å². The van der Waals surface area contributed by atoms with Crippen LogP contribution < -0.4 is 81.4 Å². The number of nitrogens with zero attached hydrogens (tertiary/aromatic N) is 4. The molecule has 0 aliphatic carbocycles. The maximum Gasteiger partial charge on any atom is 1.00 e. The minimum atomic E-state index is -4.82. The van der Waals surface area contributed by atoms with Gasteiger partial charge in [-0.05, 0) is 85.5 Å². The van der Waals surface area contributed by atoms with Gasteiger partial charge in [0.15, 0.2) is 0 Å². The molecule has 0 heterocycles. The van der Waals surface area contributed by atoms with E-state index in [-0.39, 0.29) is 93.1 Å². The molecule has 0 aromatic heterocycles. The second-order valence-corrected chi connectivity index (χ2v) is 10.8. The van der Waals surface area contributed by atoms with Crippen molar-refractivity contribution < 1.29 is 87.1 Å². The van der Waals surface area contributed by atoms with Crippen molar-refractivity contribution in [1.29, 1.82) is 0 Å². The molecule has 44 heavy (non-hydrogen) atoms. The monoisotopic (exact) mass is 633 g/mol. The van der Waals surface area contributed by atoms with E-state index in [9.17, 15) is 28.0 Å². The van der Waals surface area contributed by atoms with Crippen molar-refractivity contribution in [3.05, 3.63) is 76.9 Å². The topological polar surface area (TPSA) is 245 Å². The van der Waals surface area contributed by atoms with Crippen molar-refractivity contribution in [2.75, 3.05) is 17.2 Å². The Morgan fingerprint density at radius 2 is 1.18 bits per heavy atom. The van der Waals surface area contributed by atoms with Gasteiger partial charge in [-0.25, -0.2) is 13.2 Å². The summed E-state index contributed by atoms with van der Waals surface area (Å²) in [7, 11) is -4.82. The van der Waals surface area contributed by atoms with E-state index in [0.717, 1.165) is 34.4 Å². The first-order chi connectivity index (χ1) is 19.7. The Bertz CT molecular complexity index is 1930. The van der Waals surface area contributed by atoms with Crippen molar-refractivity contribution in [1.82, 2.24) is 0 Å². The fourth-order valence-electron chi connectivity index (χ4n) is 4.11. The molecule has 0 amide bonds. The normalized spacial score (nSPS) is 11.4. The molecule has 0 fully saturated rings. The maximum atomic E-state index is 12.1. The first-order valence-corrected chi connectivity index (χ1v) is 13.6. The zero-order valence-corrected chi connectivity index (χ0v) is 29.4. The summed E-state index contributed by atoms with van der Waals surface area (Å²) in [5.74, 6) is -2.10. The quantitative estimate of drug-likeness (QED) is 0.0889. The molecular formula is C28H25N7Na2O6S. The molecule has 0 saturated carbocycles. The molecule has 0 aliphatic heterocycles. The summed E-state index contributed by atoms with van der Waals surface area (Å²) in [6, 6.07) is 14.4. The fourth-order valence-corrected chi connectivity index (χ4v) is 4.71. The third-order valence-corrected chi connectivity index (χ3v) is 7.28. The van der Waals surface area contributed by atoms with Crippen molar-refractivity contribution in [3.8, 4) is 16.9 Å². The Morgan fingerprint density at radius 3 is 1.64 bits per heavy atom. The molecule has 0 aliphatic rings. The molecule has 0 bridgehead atoms. The summed E-state index contributed by atoms with van der Waals surface area (Å²) in [4.78, 5) is 10.8. The van der Waals surface area contributed by atoms with Crippen molar-refractivity contribution in [3.63, 3.8) is 0 Å². The molecule has 0 unspecified atom stereocenters. The third-order valence-electron chi connectivity index (χ3n) is 6.38. The Balaban J connectivity index is 0.00000337. The molecule has 4 aromatic rings. The SMILES string of the molecule is Cc1cc(-c2ccc(N=Nc3cc(C)c([O-])c(C(=O)O)c3N)c(C)c2)ccc1N=Nc1cc(S(=O)(=O)[O-])c(N)cc1N.[Na+].[Na+]. The van der Waals surface area contributed by atoms with Crippen LogP contribution in [0.25, 0.3) is 11.1 Å². The Morgan fingerprint density at radius 1 is 0.705 bits per heavy atom. The second kappa shape index (κ2) is 14.6. The van der Waals surface area contributed by atoms with Gasteiger partial charge >= 0.3 is 65.1 Å². The zero-order chi connectivity index (χ0) is 30.9. The minimum Gasteiger partial charge on any atom is -0.872 e. The molecule has 16 heteroatoms. The molecule has 0 saturated heterocycles. The van der Waals surface area contributed by atoms with Gasteiger partial charge in [-0.3, -0.25) is 0 Å². The van der Waals surface area contributed by atoms with Crippen LogP contribution in [-0.2, 0) is 10.1 Å². The number of rotatable bonds is 7. The zero-order valence-electron chi connectivity index (χ0n) is 24.6. The van der Waals surface area contributed by atoms with Crippen LogP contribution in [0.1, 0.15) is 27.0 Å². The van der Waals surface area contributed by atoms with E-state index in [1.807, 2.05) is 38.1 Å². The smallest absolute Gasteiger partial charge is 0.872 e. The first kappa shape index (κ1) is 36.8. The number of carboxylic acid groups (broad SMARTS) is 1. The van der Waals surface area contributed by atoms with Gasteiger partial charge in [-0.2, -0.15) is 10.2 Å². The number of azo groups is 2. The first-order valence-electron chi connectivity index (χ1n) is 12.2. The van der Waals surface area contributed by atoms with Gasteiger partial charge in [0.25, 0.3) is 0 Å². The van der Waals surface area contributed by atoms with E-state index in [0.29, 0.717) is 11.4 Å². The number of carboxylic acids is 1. The van der Waals surface area contributed by atoms with Gasteiger partial charge in [0.05, 0.1) is 38.9 Å². The summed E-state index contributed by atoms with van der Waals surface area (Å²) in [5.41, 5.74) is 20.9. The molecule has 0 radical (unpaired) electrons. The average Bonchev–Trinajstić information content (AvgIpc) is 2.89. The Hall–Kier alpha value is -3.34. The van der Waals surface area contributed by atoms with Crippen LogP contribution in [-0.4, -0.2) is 24.0 Å². The van der Waals surface area contributed by atoms with Crippen LogP contribution >= 0.6 is 0 Å². The number of hydrogen-bond acceptors (Lipinski definition) is 12. The minimum absolute atomic E-state index is 0. The van der Waals surface area contributed by atoms with Crippen LogP contribution in [0.3, 0.4) is 0 Å². The number of hydrogen-bond donors (Lipinski definition) is 4. The molecule has 7 N–H and O–H groups in total. The molecule has 0 spiro atoms. The van der Waals surface area contributed by atoms with E-state index < -0.39 is 32.3 Å². The summed E-state index contributed by atoms with van der Waals surface area (Å²) < 4.78 is 34.3. The van der Waals surface area contributed by atoms with Crippen LogP contribution in [0, 0.1) is 20.8 Å². The van der Waals surface area contributed by atoms with Crippen LogP contribution in [0.5, 0.6) is 5.75 Å². The van der Waals surface area contributed by atoms with E-state index in [1.54, 1.807) is 12.1 Å².